The lowest BCUT2D eigenvalue weighted by atomic mass is 10.2. The van der Waals surface area contributed by atoms with Crippen LogP contribution in [0.3, 0.4) is 0 Å². The SMILES string of the molecule is C=C(C)CN(C)CC(O)COc1ccc(C)cc1. The highest BCUT2D eigenvalue weighted by Crippen LogP contribution is 2.11. The summed E-state index contributed by atoms with van der Waals surface area (Å²) in [5, 5.41) is 9.85. The molecule has 0 saturated carbocycles. The summed E-state index contributed by atoms with van der Waals surface area (Å²) in [5.74, 6) is 0.794. The number of hydrogen-bond donors (Lipinski definition) is 1. The first kappa shape index (κ1) is 14.7. The lowest BCUT2D eigenvalue weighted by molar-refractivity contribution is 0.0789. The van der Waals surface area contributed by atoms with Gasteiger partial charge in [0.15, 0.2) is 0 Å². The van der Waals surface area contributed by atoms with Crippen LogP contribution in [0.2, 0.25) is 0 Å². The third-order valence-corrected chi connectivity index (χ3v) is 2.53. The quantitative estimate of drug-likeness (QED) is 0.752. The van der Waals surface area contributed by atoms with Crippen LogP contribution < -0.4 is 4.74 Å². The molecule has 1 N–H and O–H groups in total. The van der Waals surface area contributed by atoms with E-state index in [-0.39, 0.29) is 0 Å². The van der Waals surface area contributed by atoms with Gasteiger partial charge in [0.25, 0.3) is 0 Å². The summed E-state index contributed by atoms with van der Waals surface area (Å²) in [6.07, 6.45) is -0.490. The van der Waals surface area contributed by atoms with Crippen molar-refractivity contribution in [3.05, 3.63) is 42.0 Å². The molecule has 0 radical (unpaired) electrons. The molecule has 0 aromatic heterocycles. The largest absolute Gasteiger partial charge is 0.491 e. The molecule has 0 saturated heterocycles. The zero-order valence-corrected chi connectivity index (χ0v) is 11.5. The molecule has 1 unspecified atom stereocenters. The van der Waals surface area contributed by atoms with E-state index in [9.17, 15) is 5.11 Å². The fourth-order valence-electron chi connectivity index (χ4n) is 1.76. The molecule has 1 aromatic carbocycles. The molecule has 0 aliphatic rings. The molecule has 0 bridgehead atoms. The average Bonchev–Trinajstić information content (AvgIpc) is 2.27. The number of rotatable bonds is 7. The topological polar surface area (TPSA) is 32.7 Å². The van der Waals surface area contributed by atoms with Crippen LogP contribution in [-0.4, -0.2) is 42.9 Å². The van der Waals surface area contributed by atoms with Gasteiger partial charge < -0.3 is 9.84 Å². The van der Waals surface area contributed by atoms with E-state index in [0.717, 1.165) is 17.9 Å². The van der Waals surface area contributed by atoms with Gasteiger partial charge in [-0.1, -0.05) is 29.8 Å². The molecular weight excluding hydrogens is 226 g/mol. The minimum absolute atomic E-state index is 0.309. The molecule has 3 heteroatoms. The molecule has 1 atom stereocenters. The second-order valence-corrected chi connectivity index (χ2v) is 4.93. The van der Waals surface area contributed by atoms with Gasteiger partial charge in [0, 0.05) is 13.1 Å². The van der Waals surface area contributed by atoms with Gasteiger partial charge in [0.1, 0.15) is 18.5 Å². The van der Waals surface area contributed by atoms with E-state index in [0.29, 0.717) is 13.2 Å². The molecule has 0 spiro atoms. The summed E-state index contributed by atoms with van der Waals surface area (Å²) < 4.78 is 5.53. The Balaban J connectivity index is 2.30. The Morgan fingerprint density at radius 2 is 2.00 bits per heavy atom. The number of nitrogens with zero attached hydrogens (tertiary/aromatic N) is 1. The van der Waals surface area contributed by atoms with E-state index in [4.69, 9.17) is 4.74 Å². The summed E-state index contributed by atoms with van der Waals surface area (Å²) in [7, 11) is 1.96. The predicted molar refractivity (Wildman–Crippen MR) is 75.0 cm³/mol. The van der Waals surface area contributed by atoms with Crippen LogP contribution in [0.5, 0.6) is 5.75 Å². The Hall–Kier alpha value is -1.32. The zero-order chi connectivity index (χ0) is 13.5. The van der Waals surface area contributed by atoms with E-state index in [1.54, 1.807) is 0 Å². The van der Waals surface area contributed by atoms with Crippen molar-refractivity contribution in [1.82, 2.24) is 4.90 Å². The van der Waals surface area contributed by atoms with Gasteiger partial charge >= 0.3 is 0 Å². The van der Waals surface area contributed by atoms with Crippen molar-refractivity contribution in [2.24, 2.45) is 0 Å². The van der Waals surface area contributed by atoms with Crippen molar-refractivity contribution in [2.75, 3.05) is 26.7 Å². The number of ether oxygens (including phenoxy) is 1. The first-order chi connectivity index (χ1) is 8.47. The Morgan fingerprint density at radius 1 is 1.39 bits per heavy atom. The molecule has 0 aliphatic carbocycles. The van der Waals surface area contributed by atoms with Crippen LogP contribution in [-0.2, 0) is 0 Å². The van der Waals surface area contributed by atoms with E-state index in [1.807, 2.05) is 50.1 Å². The molecule has 1 aromatic rings. The smallest absolute Gasteiger partial charge is 0.119 e. The highest BCUT2D eigenvalue weighted by atomic mass is 16.5. The third-order valence-electron chi connectivity index (χ3n) is 2.53. The minimum Gasteiger partial charge on any atom is -0.491 e. The summed E-state index contributed by atoms with van der Waals surface area (Å²) in [4.78, 5) is 2.03. The summed E-state index contributed by atoms with van der Waals surface area (Å²) >= 11 is 0. The average molecular weight is 249 g/mol. The maximum atomic E-state index is 9.85. The van der Waals surface area contributed by atoms with E-state index >= 15 is 0 Å². The molecule has 0 fully saturated rings. The van der Waals surface area contributed by atoms with Gasteiger partial charge in [-0.15, -0.1) is 0 Å². The van der Waals surface area contributed by atoms with Crippen LogP contribution in [0.25, 0.3) is 0 Å². The highest BCUT2D eigenvalue weighted by molar-refractivity contribution is 5.26. The van der Waals surface area contributed by atoms with Gasteiger partial charge in [-0.25, -0.2) is 0 Å². The first-order valence-electron chi connectivity index (χ1n) is 6.18. The fraction of sp³-hybridized carbons (Fsp3) is 0.467. The lowest BCUT2D eigenvalue weighted by Crippen LogP contribution is -2.33. The van der Waals surface area contributed by atoms with Crippen LogP contribution in [0.1, 0.15) is 12.5 Å². The Kier molecular flexibility index (Phi) is 5.89. The molecule has 1 rings (SSSR count). The number of hydrogen-bond acceptors (Lipinski definition) is 3. The normalized spacial score (nSPS) is 12.5. The van der Waals surface area contributed by atoms with Crippen molar-refractivity contribution in [1.29, 1.82) is 0 Å². The van der Waals surface area contributed by atoms with E-state index < -0.39 is 6.10 Å². The van der Waals surface area contributed by atoms with Gasteiger partial charge in [-0.2, -0.15) is 0 Å². The highest BCUT2D eigenvalue weighted by Gasteiger charge is 2.09. The second-order valence-electron chi connectivity index (χ2n) is 4.93. The molecular formula is C15H23NO2. The maximum absolute atomic E-state index is 9.85. The van der Waals surface area contributed by atoms with Crippen molar-refractivity contribution >= 4 is 0 Å². The molecule has 18 heavy (non-hydrogen) atoms. The molecule has 3 nitrogen and oxygen atoms in total. The number of aryl methyl sites for hydroxylation is 1. The molecule has 0 aliphatic heterocycles. The van der Waals surface area contributed by atoms with Gasteiger partial charge in [-0.05, 0) is 33.0 Å². The predicted octanol–water partition coefficient (Wildman–Crippen LogP) is 2.24. The monoisotopic (exact) mass is 249 g/mol. The van der Waals surface area contributed by atoms with E-state index in [1.165, 1.54) is 5.56 Å². The lowest BCUT2D eigenvalue weighted by Gasteiger charge is -2.20. The van der Waals surface area contributed by atoms with Gasteiger partial charge in [-0.3, -0.25) is 4.90 Å². The molecule has 100 valence electrons. The van der Waals surface area contributed by atoms with Crippen molar-refractivity contribution < 1.29 is 9.84 Å². The second kappa shape index (κ2) is 7.19. The number of likely N-dealkylation sites (N-methyl/N-ethyl adjacent to an activating group) is 1. The summed E-state index contributed by atoms with van der Waals surface area (Å²) in [5.41, 5.74) is 2.29. The van der Waals surface area contributed by atoms with Crippen LogP contribution >= 0.6 is 0 Å². The van der Waals surface area contributed by atoms with E-state index in [2.05, 4.69) is 6.58 Å². The first-order valence-corrected chi connectivity index (χ1v) is 6.18. The number of aliphatic hydroxyl groups excluding tert-OH is 1. The Labute approximate surface area is 110 Å². The number of benzene rings is 1. The Morgan fingerprint density at radius 3 is 2.56 bits per heavy atom. The molecule has 0 amide bonds. The minimum atomic E-state index is -0.490. The Bertz CT molecular complexity index is 373. The maximum Gasteiger partial charge on any atom is 0.119 e. The van der Waals surface area contributed by atoms with Crippen LogP contribution in [0, 0.1) is 6.92 Å². The summed E-state index contributed by atoms with van der Waals surface area (Å²) in [6, 6.07) is 7.82. The van der Waals surface area contributed by atoms with Crippen molar-refractivity contribution in [3.8, 4) is 5.75 Å². The van der Waals surface area contributed by atoms with Gasteiger partial charge in [0.05, 0.1) is 0 Å². The zero-order valence-electron chi connectivity index (χ0n) is 11.5. The third kappa shape index (κ3) is 5.84. The standard InChI is InChI=1S/C15H23NO2/c1-12(2)9-16(4)10-14(17)11-18-15-7-5-13(3)6-8-15/h5-8,14,17H,1,9-11H2,2-4H3. The van der Waals surface area contributed by atoms with Crippen LogP contribution in [0.4, 0.5) is 0 Å². The van der Waals surface area contributed by atoms with Crippen molar-refractivity contribution in [2.45, 2.75) is 20.0 Å². The number of aliphatic hydroxyl groups is 1. The van der Waals surface area contributed by atoms with Crippen molar-refractivity contribution in [3.63, 3.8) is 0 Å². The van der Waals surface area contributed by atoms with Crippen LogP contribution in [0.15, 0.2) is 36.4 Å². The van der Waals surface area contributed by atoms with Gasteiger partial charge in [0.2, 0.25) is 0 Å². The summed E-state index contributed by atoms with van der Waals surface area (Å²) in [6.45, 7) is 9.54. The fourth-order valence-corrected chi connectivity index (χ4v) is 1.76. The molecule has 0 heterocycles.